The number of amides is 2. The molecule has 0 aromatic carbocycles. The van der Waals surface area contributed by atoms with Gasteiger partial charge in [-0.1, -0.05) is 381 Å². The van der Waals surface area contributed by atoms with E-state index in [2.05, 4.69) is 197 Å². The lowest BCUT2D eigenvalue weighted by Gasteiger charge is -2.42. The maximum Gasteiger partial charge on any atom is 0.306 e. The summed E-state index contributed by atoms with van der Waals surface area (Å²) < 4.78 is 54.2. The van der Waals surface area contributed by atoms with Crippen LogP contribution in [-0.2, 0) is 65.4 Å². The molecule has 848 valence electrons. The molecule has 0 fully saturated rings. The average molecular weight is 2090 g/mol. The summed E-state index contributed by atoms with van der Waals surface area (Å²) >= 11 is 0. The quantitative estimate of drug-likeness (QED) is 0.0223. The predicted octanol–water partition coefficient (Wildman–Crippen LogP) is 33.9. The molecule has 0 rings (SSSR count). The third-order valence-electron chi connectivity index (χ3n) is 31.7. The van der Waals surface area contributed by atoms with Gasteiger partial charge in [-0.05, 0) is 208 Å². The van der Waals surface area contributed by atoms with E-state index in [1.165, 1.54) is 218 Å². The molecular formula is C120H242N4O15Si4. The van der Waals surface area contributed by atoms with Gasteiger partial charge in [-0.3, -0.25) is 38.6 Å². The molecule has 0 saturated carbocycles. The van der Waals surface area contributed by atoms with E-state index in [-0.39, 0.29) is 105 Å². The molecule has 23 heteroatoms. The fourth-order valence-electron chi connectivity index (χ4n) is 18.3. The first-order chi connectivity index (χ1) is 67.5. The second-order valence-corrected chi connectivity index (χ2v) is 69.3. The van der Waals surface area contributed by atoms with Crippen LogP contribution in [-0.4, -0.2) is 192 Å². The lowest BCUT2D eigenvalue weighted by atomic mass is 9.97. The molecule has 0 saturated heterocycles. The second-order valence-electron chi connectivity index (χ2n) is 50.3. The van der Waals surface area contributed by atoms with Crippen LogP contribution in [0.3, 0.4) is 0 Å². The highest BCUT2D eigenvalue weighted by Gasteiger charge is 2.44. The molecule has 0 bridgehead atoms. The van der Waals surface area contributed by atoms with Crippen molar-refractivity contribution in [3.63, 3.8) is 0 Å². The summed E-state index contributed by atoms with van der Waals surface area (Å²) in [6.45, 7) is 66.5. The van der Waals surface area contributed by atoms with Crippen LogP contribution in [0, 0.1) is 0 Å². The fourth-order valence-corrected chi connectivity index (χ4v) is 23.8. The van der Waals surface area contributed by atoms with Crippen molar-refractivity contribution in [2.45, 2.75) is 670 Å². The molecule has 0 aliphatic heterocycles. The van der Waals surface area contributed by atoms with Crippen LogP contribution in [0.2, 0.25) is 72.5 Å². The summed E-state index contributed by atoms with van der Waals surface area (Å²) in [5.74, 6) is -1.11. The Labute approximate surface area is 889 Å². The Bertz CT molecular complexity index is 2870. The predicted molar refractivity (Wildman–Crippen MR) is 618 cm³/mol. The van der Waals surface area contributed by atoms with E-state index < -0.39 is 38.9 Å². The standard InChI is InChI=1S/C120H242N4O15Si4/c1-28-34-40-46-52-54-56-62-74-96-132-112(127)90-76-86-108(138-142(24,25)118(13,14)15)102-123(100-106(136-140(20,21)116(7,8)9)84-70-64-72-88-114(129)134-104(80-66-58-48-42-36-30-3)81-67-59-49-43-37-31-4)94-78-92-121-110(125)98-120(19,131)99-111(126)122-93-79-95-124(103-109(139-143(26,27)119(16,17)18)87-77-91-113(128)133-97-75-63-57-55-53-47-41-35-29-2)101-107(137-141(22,23)117(10,11)12)85-71-65-73-89-115(130)135-105(82-68-60-50-44-38-32-5)83-69-61-51-45-39-33-6/h104-109,131H,28-103H2,1-27H3,(H,121,125)(H,122,126). The van der Waals surface area contributed by atoms with Gasteiger partial charge < -0.3 is 52.4 Å². The third kappa shape index (κ3) is 76.6. The van der Waals surface area contributed by atoms with Crippen molar-refractivity contribution in [1.29, 1.82) is 0 Å². The van der Waals surface area contributed by atoms with Crippen molar-refractivity contribution in [2.75, 3.05) is 65.6 Å². The largest absolute Gasteiger partial charge is 0.466 e. The zero-order chi connectivity index (χ0) is 107. The smallest absolute Gasteiger partial charge is 0.306 e. The highest BCUT2D eigenvalue weighted by molar-refractivity contribution is 6.75. The van der Waals surface area contributed by atoms with E-state index in [1.54, 1.807) is 6.92 Å². The molecule has 19 nitrogen and oxygen atoms in total. The van der Waals surface area contributed by atoms with Gasteiger partial charge in [-0.15, -0.1) is 0 Å². The van der Waals surface area contributed by atoms with Gasteiger partial charge in [-0.2, -0.15) is 0 Å². The van der Waals surface area contributed by atoms with E-state index in [9.17, 15) is 33.9 Å². The van der Waals surface area contributed by atoms with Crippen LogP contribution in [0.25, 0.3) is 0 Å². The number of hydrogen-bond donors (Lipinski definition) is 3. The zero-order valence-corrected chi connectivity index (χ0v) is 104. The molecule has 0 aliphatic rings. The minimum atomic E-state index is -2.35. The van der Waals surface area contributed by atoms with Crippen molar-refractivity contribution in [3.05, 3.63) is 0 Å². The Morgan fingerprint density at radius 3 is 0.678 bits per heavy atom. The normalized spacial score (nSPS) is 14.1. The highest BCUT2D eigenvalue weighted by atomic mass is 28.4. The van der Waals surface area contributed by atoms with Crippen LogP contribution in [0.4, 0.5) is 0 Å². The summed E-state index contributed by atoms with van der Waals surface area (Å²) in [5.41, 5.74) is -1.64. The van der Waals surface area contributed by atoms with Gasteiger partial charge in [0.15, 0.2) is 33.3 Å². The lowest BCUT2D eigenvalue weighted by molar-refractivity contribution is -0.151. The number of carbonyl (C=O) groups excluding carboxylic acids is 6. The summed E-state index contributed by atoms with van der Waals surface area (Å²) in [6, 6.07) is 0. The van der Waals surface area contributed by atoms with Crippen molar-refractivity contribution < 1.29 is 70.5 Å². The number of rotatable bonds is 98. The first kappa shape index (κ1) is 140. The van der Waals surface area contributed by atoms with Gasteiger partial charge in [0.1, 0.15) is 12.2 Å². The first-order valence-electron chi connectivity index (χ1n) is 60.6. The van der Waals surface area contributed by atoms with E-state index in [4.69, 9.17) is 36.7 Å². The first-order valence-corrected chi connectivity index (χ1v) is 72.3. The van der Waals surface area contributed by atoms with Gasteiger partial charge in [0, 0.05) is 78.0 Å². The molecule has 0 spiro atoms. The Balaban J connectivity index is 7.29. The number of nitrogens with one attached hydrogen (secondary N) is 2. The van der Waals surface area contributed by atoms with Crippen LogP contribution >= 0.6 is 0 Å². The van der Waals surface area contributed by atoms with Crippen LogP contribution in [0.15, 0.2) is 0 Å². The van der Waals surface area contributed by atoms with Gasteiger partial charge in [-0.25, -0.2) is 0 Å². The van der Waals surface area contributed by atoms with Gasteiger partial charge in [0.2, 0.25) is 11.8 Å². The number of esters is 4. The minimum absolute atomic E-state index is 0.0112. The molecule has 0 radical (unpaired) electrons. The number of unbranched alkanes of at least 4 members (excludes halogenated alkanes) is 40. The van der Waals surface area contributed by atoms with Crippen LogP contribution in [0.5, 0.6) is 0 Å². The van der Waals surface area contributed by atoms with Crippen molar-refractivity contribution in [3.8, 4) is 0 Å². The third-order valence-corrected chi connectivity index (χ3v) is 49.9. The Hall–Kier alpha value is -2.59. The Kier molecular flexibility index (Phi) is 81.5. The molecule has 3 N–H and O–H groups in total. The van der Waals surface area contributed by atoms with Gasteiger partial charge >= 0.3 is 23.9 Å². The van der Waals surface area contributed by atoms with Crippen molar-refractivity contribution >= 4 is 69.0 Å². The molecule has 0 aromatic rings. The SMILES string of the molecule is CCCCCCCCCCCOC(=O)CCCC(CN(CCCNC(=O)CC(C)(O)CC(=O)NCCCN(CC(CCCCCC(=O)OC(CCCCCCCC)CCCCCCCC)O[Si](C)(C)C(C)(C)C)CC(CCCC(=O)OCCCCCCCCCCC)O[Si](C)(C)C(C)(C)C)CC(CCCCCC(=O)OC(CCCCCCCC)CCCCCCCC)O[Si](C)(C)C(C)(C)C)O[Si](C)(C)C(C)(C)C. The van der Waals surface area contributed by atoms with Gasteiger partial charge in [0.25, 0.3) is 0 Å². The maximum absolute atomic E-state index is 14.2. The molecular weight excluding hydrogens is 1850 g/mol. The number of carbonyl (C=O) groups is 6. The van der Waals surface area contributed by atoms with Gasteiger partial charge in [0.05, 0.1) is 56.1 Å². The lowest BCUT2D eigenvalue weighted by Crippen LogP contribution is -2.50. The number of hydrogen-bond acceptors (Lipinski definition) is 17. The summed E-state index contributed by atoms with van der Waals surface area (Å²) in [4.78, 5) is 87.8. The Morgan fingerprint density at radius 1 is 0.252 bits per heavy atom. The monoisotopic (exact) mass is 2090 g/mol. The topological polar surface area (TPSA) is 227 Å². The van der Waals surface area contributed by atoms with E-state index in [1.807, 2.05) is 0 Å². The molecule has 4 atom stereocenters. The van der Waals surface area contributed by atoms with Crippen LogP contribution in [0.1, 0.15) is 555 Å². The van der Waals surface area contributed by atoms with E-state index in [0.29, 0.717) is 130 Å². The van der Waals surface area contributed by atoms with Crippen molar-refractivity contribution in [2.24, 2.45) is 0 Å². The average Bonchev–Trinajstić information content (AvgIpc) is 0.828. The molecule has 4 unspecified atom stereocenters. The molecule has 0 aromatic heterocycles. The van der Waals surface area contributed by atoms with Crippen molar-refractivity contribution in [1.82, 2.24) is 20.4 Å². The van der Waals surface area contributed by atoms with E-state index in [0.717, 1.165) is 128 Å². The Morgan fingerprint density at radius 2 is 0.448 bits per heavy atom. The molecule has 0 aliphatic carbocycles. The fraction of sp³-hybridized carbons (Fsp3) is 0.950. The molecule has 0 heterocycles. The maximum atomic E-state index is 14.2. The number of nitrogens with zero attached hydrogens (tertiary/aromatic N) is 2. The summed E-state index contributed by atoms with van der Waals surface area (Å²) in [7, 11) is -9.38. The van der Waals surface area contributed by atoms with Crippen LogP contribution < -0.4 is 10.6 Å². The van der Waals surface area contributed by atoms with E-state index >= 15 is 0 Å². The second kappa shape index (κ2) is 83.0. The summed E-state index contributed by atoms with van der Waals surface area (Å²) in [6.07, 6.45) is 65.6. The highest BCUT2D eigenvalue weighted by Crippen LogP contribution is 2.43. The molecule has 2 amide bonds. The number of ether oxygens (including phenoxy) is 4. The minimum Gasteiger partial charge on any atom is -0.466 e. The number of aliphatic hydroxyl groups is 1. The summed E-state index contributed by atoms with van der Waals surface area (Å²) in [5, 5.41) is 18.1. The molecule has 143 heavy (non-hydrogen) atoms. The zero-order valence-electron chi connectivity index (χ0n) is 99.8.